The third kappa shape index (κ3) is 9.38. The maximum Gasteiger partial charge on any atom is 0.367 e. The van der Waals surface area contributed by atoms with Crippen LogP contribution in [-0.2, 0) is 38.0 Å². The predicted molar refractivity (Wildman–Crippen MR) is 197 cm³/mol. The van der Waals surface area contributed by atoms with E-state index in [0.29, 0.717) is 6.42 Å². The van der Waals surface area contributed by atoms with Crippen molar-refractivity contribution in [3.63, 3.8) is 0 Å². The number of methoxy groups -OCH3 is 1. The lowest BCUT2D eigenvalue weighted by Gasteiger charge is -2.50. The first-order valence-corrected chi connectivity index (χ1v) is 20.1. The summed E-state index contributed by atoms with van der Waals surface area (Å²) >= 11 is 1.02. The molecular weight excluding hydrogens is 710 g/mol. The number of carbonyl (C=O) groups excluding carboxylic acids is 2. The van der Waals surface area contributed by atoms with Gasteiger partial charge in [-0.15, -0.1) is 0 Å². The molecule has 4 aliphatic rings. The van der Waals surface area contributed by atoms with Crippen molar-refractivity contribution in [3.05, 3.63) is 0 Å². The zero-order valence-corrected chi connectivity index (χ0v) is 34.7. The Hall–Kier alpha value is -1.11. The van der Waals surface area contributed by atoms with Crippen LogP contribution in [0.4, 0.5) is 4.79 Å². The molecule has 0 saturated carbocycles. The van der Waals surface area contributed by atoms with E-state index in [1.165, 1.54) is 14.0 Å². The second-order valence-electron chi connectivity index (χ2n) is 17.1. The van der Waals surface area contributed by atoms with Crippen molar-refractivity contribution in [1.82, 2.24) is 4.90 Å². The molecular formula is C38H67NO13S. The number of hydrogen-bond acceptors (Lipinski definition) is 15. The van der Waals surface area contributed by atoms with E-state index in [1.807, 2.05) is 46.7 Å². The average molecular weight is 778 g/mol. The van der Waals surface area contributed by atoms with Crippen LogP contribution in [0.25, 0.3) is 0 Å². The van der Waals surface area contributed by atoms with Crippen LogP contribution in [0.5, 0.6) is 0 Å². The first-order chi connectivity index (χ1) is 24.5. The second kappa shape index (κ2) is 17.2. The molecule has 53 heavy (non-hydrogen) atoms. The number of esters is 1. The van der Waals surface area contributed by atoms with E-state index in [2.05, 4.69) is 0 Å². The highest BCUT2D eigenvalue weighted by molar-refractivity contribution is 8.13. The summed E-state index contributed by atoms with van der Waals surface area (Å²) in [6, 6.07) is -0.293. The fraction of sp³-hybridized carbons (Fsp3) is 0.947. The highest BCUT2D eigenvalue weighted by atomic mass is 32.2. The molecule has 0 aromatic rings. The van der Waals surface area contributed by atoms with Gasteiger partial charge in [-0.05, 0) is 92.6 Å². The molecule has 4 fully saturated rings. The molecule has 0 amide bonds. The van der Waals surface area contributed by atoms with Gasteiger partial charge in [0, 0.05) is 36.7 Å². The van der Waals surface area contributed by atoms with E-state index in [0.717, 1.165) is 11.8 Å². The van der Waals surface area contributed by atoms with Gasteiger partial charge in [0.1, 0.15) is 30.0 Å². The highest BCUT2D eigenvalue weighted by Gasteiger charge is 2.56. The molecule has 2 bridgehead atoms. The molecule has 0 radical (unpaired) electrons. The standard InChI is InChI=1S/C38H67NO13S/c1-14-25-38(10,45)32-22(6)29(53-35(43)52-32)18(2)16-36(8,44)31(51-34-27(40)24(39(11)12)15-19(3)47-34)20(4)28(21(5)33(42)49-25)50-26-17-37(9,46-13)30(41)23(7)48-26/h18-32,34,40-41,44-45H,14-17H2,1-13H3/t18-,19-,20+,21-,22+,23+,24+,25-,26+,27-,28+,29-,30+,31-,32-,34+,36-,37-,38-/m1/s1. The molecule has 0 aromatic heterocycles. The number of rotatable bonds is 7. The Labute approximate surface area is 319 Å². The van der Waals surface area contributed by atoms with Crippen LogP contribution in [0.1, 0.15) is 94.9 Å². The highest BCUT2D eigenvalue weighted by Crippen LogP contribution is 2.46. The summed E-state index contributed by atoms with van der Waals surface area (Å²) in [5, 5.41) is 46.2. The van der Waals surface area contributed by atoms with Crippen LogP contribution in [0, 0.1) is 23.7 Å². The van der Waals surface area contributed by atoms with E-state index in [1.54, 1.807) is 34.6 Å². The van der Waals surface area contributed by atoms with Gasteiger partial charge in [0.25, 0.3) is 0 Å². The van der Waals surface area contributed by atoms with Crippen molar-refractivity contribution in [1.29, 1.82) is 0 Å². The minimum Gasteiger partial charge on any atom is -0.459 e. The minimum absolute atomic E-state index is 0.127. The summed E-state index contributed by atoms with van der Waals surface area (Å²) in [7, 11) is 5.26. The molecule has 0 aromatic carbocycles. The lowest BCUT2D eigenvalue weighted by molar-refractivity contribution is -0.318. The number of likely N-dealkylation sites (N-methyl/N-ethyl adjacent to an activating group) is 1. The quantitative estimate of drug-likeness (QED) is 0.276. The van der Waals surface area contributed by atoms with Crippen LogP contribution in [0.2, 0.25) is 0 Å². The molecule has 4 rings (SSSR count). The summed E-state index contributed by atoms with van der Waals surface area (Å²) < 4.78 is 43.4. The van der Waals surface area contributed by atoms with Crippen molar-refractivity contribution in [2.24, 2.45) is 23.7 Å². The number of hydrogen-bond donors (Lipinski definition) is 4. The Kier molecular flexibility index (Phi) is 14.4. The molecule has 15 heteroatoms. The molecule has 0 aliphatic carbocycles. The number of nitrogens with zero attached hydrogens (tertiary/aromatic N) is 1. The van der Waals surface area contributed by atoms with Gasteiger partial charge in [0.05, 0.1) is 41.5 Å². The Balaban J connectivity index is 1.84. The van der Waals surface area contributed by atoms with Crippen molar-refractivity contribution >= 4 is 23.0 Å². The van der Waals surface area contributed by atoms with Crippen LogP contribution in [0.3, 0.4) is 0 Å². The monoisotopic (exact) mass is 777 g/mol. The summed E-state index contributed by atoms with van der Waals surface area (Å²) in [5.74, 6) is -3.18. The summed E-state index contributed by atoms with van der Waals surface area (Å²) in [5.41, 5.74) is -4.42. The maximum atomic E-state index is 14.3. The van der Waals surface area contributed by atoms with Crippen molar-refractivity contribution < 1.29 is 63.2 Å². The molecule has 4 aliphatic heterocycles. The molecule has 14 nitrogen and oxygen atoms in total. The Bertz CT molecular complexity index is 1250. The van der Waals surface area contributed by atoms with E-state index >= 15 is 0 Å². The lowest BCUT2D eigenvalue weighted by Crippen LogP contribution is -2.62. The zero-order valence-electron chi connectivity index (χ0n) is 33.9. The fourth-order valence-corrected chi connectivity index (χ4v) is 10.3. The van der Waals surface area contributed by atoms with Gasteiger partial charge in [0.2, 0.25) is 0 Å². The topological polar surface area (TPSA) is 183 Å². The lowest BCUT2D eigenvalue weighted by atomic mass is 9.74. The van der Waals surface area contributed by atoms with Crippen LogP contribution >= 0.6 is 11.8 Å². The Morgan fingerprint density at radius 3 is 2.15 bits per heavy atom. The van der Waals surface area contributed by atoms with E-state index in [-0.39, 0.29) is 48.5 Å². The molecule has 19 atom stereocenters. The fourth-order valence-electron chi connectivity index (χ4n) is 9.26. The van der Waals surface area contributed by atoms with E-state index in [4.69, 9.17) is 33.2 Å². The number of aliphatic hydroxyl groups excluding tert-OH is 2. The molecule has 0 unspecified atom stereocenters. The smallest absolute Gasteiger partial charge is 0.367 e. The minimum atomic E-state index is -1.75. The van der Waals surface area contributed by atoms with Crippen LogP contribution in [0.15, 0.2) is 0 Å². The molecule has 4 heterocycles. The van der Waals surface area contributed by atoms with Crippen molar-refractivity contribution in [2.75, 3.05) is 21.2 Å². The molecule has 0 spiro atoms. The van der Waals surface area contributed by atoms with Gasteiger partial charge < -0.3 is 58.5 Å². The van der Waals surface area contributed by atoms with Gasteiger partial charge in [0.15, 0.2) is 12.6 Å². The van der Waals surface area contributed by atoms with Gasteiger partial charge in [-0.1, -0.05) is 27.7 Å². The normalized spacial score (nSPS) is 50.6. The van der Waals surface area contributed by atoms with Crippen molar-refractivity contribution in [3.8, 4) is 0 Å². The maximum absolute atomic E-state index is 14.3. The number of thioether (sulfide) groups is 1. The second-order valence-corrected chi connectivity index (χ2v) is 18.3. The predicted octanol–water partition coefficient (Wildman–Crippen LogP) is 3.48. The molecule has 4 N–H and O–H groups in total. The first-order valence-electron chi connectivity index (χ1n) is 19.2. The number of cyclic esters (lactones) is 1. The number of ether oxygens (including phenoxy) is 7. The van der Waals surface area contributed by atoms with Crippen molar-refractivity contribution in [2.45, 2.75) is 184 Å². The Morgan fingerprint density at radius 1 is 0.925 bits per heavy atom. The summed E-state index contributed by atoms with van der Waals surface area (Å²) in [6.07, 6.45) is -8.17. The van der Waals surface area contributed by atoms with Crippen LogP contribution < -0.4 is 0 Å². The van der Waals surface area contributed by atoms with Gasteiger partial charge in [-0.2, -0.15) is 0 Å². The van der Waals surface area contributed by atoms with E-state index in [9.17, 15) is 30.0 Å². The van der Waals surface area contributed by atoms with Gasteiger partial charge >= 0.3 is 11.3 Å². The SMILES string of the molecule is CC[C@H]1OC(=O)[C@H](C)[C@@H](O[C@H]2C[C@@](C)(OC)[C@@H](O)[C@H](C)O2)[C@H](C)[C@@H](O[C@@H]2O[C@H](C)C[C@H](N(C)C)[C@H]2O)[C@](C)(O)C[C@@H](C)[C@H]2SC(=O)O[C@H]([C@H]2C)[C@]1(C)O. The summed E-state index contributed by atoms with van der Waals surface area (Å²) in [4.78, 5) is 29.3. The Morgan fingerprint density at radius 2 is 1.57 bits per heavy atom. The number of aliphatic hydroxyl groups is 4. The number of fused-ring (bicyclic) bond motifs is 2. The third-order valence-corrected chi connectivity index (χ3v) is 13.9. The van der Waals surface area contributed by atoms with E-state index < -0.39 is 95.2 Å². The average Bonchev–Trinajstić information content (AvgIpc) is 3.07. The summed E-state index contributed by atoms with van der Waals surface area (Å²) in [6.45, 7) is 17.6. The first kappa shape index (κ1) is 44.6. The van der Waals surface area contributed by atoms with Crippen LogP contribution in [-0.4, -0.2) is 147 Å². The van der Waals surface area contributed by atoms with Gasteiger partial charge in [-0.3, -0.25) is 4.79 Å². The number of carbonyl (C=O) groups is 2. The van der Waals surface area contributed by atoms with Gasteiger partial charge in [-0.25, -0.2) is 4.79 Å². The zero-order chi connectivity index (χ0) is 40.0. The third-order valence-electron chi connectivity index (χ3n) is 12.4. The largest absolute Gasteiger partial charge is 0.459 e. The molecule has 4 saturated heterocycles. The molecule has 308 valence electrons.